The molecule has 4 aliphatic rings. The van der Waals surface area contributed by atoms with Gasteiger partial charge in [0.2, 0.25) is 0 Å². The van der Waals surface area contributed by atoms with Crippen LogP contribution in [0.3, 0.4) is 0 Å². The van der Waals surface area contributed by atoms with Crippen LogP contribution >= 0.6 is 0 Å². The number of ether oxygens (including phenoxy) is 1. The quantitative estimate of drug-likeness (QED) is 0.745. The van der Waals surface area contributed by atoms with E-state index in [1.807, 2.05) is 0 Å². The van der Waals surface area contributed by atoms with Gasteiger partial charge in [0, 0.05) is 0 Å². The molecule has 0 radical (unpaired) electrons. The van der Waals surface area contributed by atoms with Crippen molar-refractivity contribution >= 4 is 11.9 Å². The standard InChI is InChI=1S/C13H18O4/c1-10-4-12(8(14)15)5-11(10,2)7-13(12,6-10)9(16)17-3/h4-7H2,1-3H3,(H,14,15)/t10-,11+,12?,13?. The van der Waals surface area contributed by atoms with E-state index in [1.165, 1.54) is 7.11 Å². The summed E-state index contributed by atoms with van der Waals surface area (Å²) < 4.78 is 4.92. The maximum Gasteiger partial charge on any atom is 0.313 e. The number of hydrogen-bond acceptors (Lipinski definition) is 3. The number of carbonyl (C=O) groups is 2. The second-order valence-corrected chi connectivity index (χ2v) is 6.79. The van der Waals surface area contributed by atoms with Crippen LogP contribution in [0.4, 0.5) is 0 Å². The molecule has 4 aliphatic carbocycles. The van der Waals surface area contributed by atoms with E-state index in [0.717, 1.165) is 0 Å². The maximum absolute atomic E-state index is 12.1. The summed E-state index contributed by atoms with van der Waals surface area (Å²) >= 11 is 0. The summed E-state index contributed by atoms with van der Waals surface area (Å²) in [6.07, 6.45) is 2.60. The Morgan fingerprint density at radius 1 is 1.00 bits per heavy atom. The minimum atomic E-state index is -0.871. The molecule has 4 saturated carbocycles. The van der Waals surface area contributed by atoms with Crippen LogP contribution < -0.4 is 0 Å². The van der Waals surface area contributed by atoms with Crippen LogP contribution in [0.1, 0.15) is 39.5 Å². The van der Waals surface area contributed by atoms with Crippen LogP contribution in [0.5, 0.6) is 0 Å². The fraction of sp³-hybridized carbons (Fsp3) is 0.846. The van der Waals surface area contributed by atoms with Gasteiger partial charge in [-0.05, 0) is 36.5 Å². The molecule has 4 heteroatoms. The minimum absolute atomic E-state index is 0.0143. The van der Waals surface area contributed by atoms with Crippen LogP contribution in [0.2, 0.25) is 0 Å². The number of aliphatic carboxylic acids is 1. The second kappa shape index (κ2) is 2.52. The first kappa shape index (κ1) is 11.1. The second-order valence-electron chi connectivity index (χ2n) is 6.79. The van der Waals surface area contributed by atoms with Crippen molar-refractivity contribution in [1.82, 2.24) is 0 Å². The van der Waals surface area contributed by atoms with Gasteiger partial charge in [-0.15, -0.1) is 0 Å². The molecule has 4 fully saturated rings. The molecule has 4 bridgehead atoms. The highest BCUT2D eigenvalue weighted by atomic mass is 16.5. The van der Waals surface area contributed by atoms with Gasteiger partial charge < -0.3 is 9.84 Å². The highest BCUT2D eigenvalue weighted by Crippen LogP contribution is 2.86. The lowest BCUT2D eigenvalue weighted by Crippen LogP contribution is -2.45. The van der Waals surface area contributed by atoms with Gasteiger partial charge in [0.05, 0.1) is 17.9 Å². The molecule has 0 aromatic heterocycles. The van der Waals surface area contributed by atoms with Gasteiger partial charge in [-0.3, -0.25) is 9.59 Å². The highest BCUT2D eigenvalue weighted by molar-refractivity contribution is 5.91. The average molecular weight is 238 g/mol. The van der Waals surface area contributed by atoms with E-state index < -0.39 is 16.8 Å². The largest absolute Gasteiger partial charge is 0.481 e. The fourth-order valence-corrected chi connectivity index (χ4v) is 5.34. The third kappa shape index (κ3) is 0.829. The van der Waals surface area contributed by atoms with Crippen molar-refractivity contribution < 1.29 is 19.4 Å². The Morgan fingerprint density at radius 2 is 1.41 bits per heavy atom. The molecule has 94 valence electrons. The van der Waals surface area contributed by atoms with Gasteiger partial charge in [-0.2, -0.15) is 0 Å². The Bertz CT molecular complexity index is 421. The highest BCUT2D eigenvalue weighted by Gasteiger charge is 2.86. The summed E-state index contributed by atoms with van der Waals surface area (Å²) in [6.45, 7) is 4.27. The monoisotopic (exact) mass is 238 g/mol. The van der Waals surface area contributed by atoms with Crippen molar-refractivity contribution in [3.05, 3.63) is 0 Å². The molecule has 4 atom stereocenters. The molecule has 0 amide bonds. The number of carboxylic acid groups (broad SMARTS) is 1. The molecular weight excluding hydrogens is 220 g/mol. The van der Waals surface area contributed by atoms with Crippen LogP contribution in [-0.2, 0) is 14.3 Å². The van der Waals surface area contributed by atoms with Crippen LogP contribution in [-0.4, -0.2) is 24.2 Å². The number of rotatable bonds is 2. The zero-order chi connectivity index (χ0) is 12.7. The first-order chi connectivity index (χ1) is 7.75. The lowest BCUT2D eigenvalue weighted by molar-refractivity contribution is -0.170. The number of methoxy groups -OCH3 is 1. The molecule has 0 saturated heterocycles. The van der Waals surface area contributed by atoms with E-state index in [2.05, 4.69) is 13.8 Å². The van der Waals surface area contributed by atoms with Gasteiger partial charge in [-0.1, -0.05) is 13.8 Å². The third-order valence-corrected chi connectivity index (χ3v) is 6.13. The van der Waals surface area contributed by atoms with Gasteiger partial charge in [0.1, 0.15) is 0 Å². The molecular formula is C13H18O4. The summed E-state index contributed by atoms with van der Waals surface area (Å²) in [6, 6.07) is 0. The summed E-state index contributed by atoms with van der Waals surface area (Å²) in [4.78, 5) is 23.9. The summed E-state index contributed by atoms with van der Waals surface area (Å²) in [5, 5.41) is 9.62. The number of carbonyl (C=O) groups excluding carboxylic acids is 1. The predicted molar refractivity (Wildman–Crippen MR) is 59.2 cm³/mol. The molecule has 4 rings (SSSR count). The zero-order valence-electron chi connectivity index (χ0n) is 10.5. The molecule has 2 unspecified atom stereocenters. The lowest BCUT2D eigenvalue weighted by atomic mass is 9.68. The molecule has 17 heavy (non-hydrogen) atoms. The van der Waals surface area contributed by atoms with E-state index in [1.54, 1.807) is 0 Å². The Balaban J connectivity index is 2.20. The minimum Gasteiger partial charge on any atom is -0.481 e. The number of esters is 1. The molecule has 1 N–H and O–H groups in total. The van der Waals surface area contributed by atoms with E-state index in [0.29, 0.717) is 25.7 Å². The first-order valence-corrected chi connectivity index (χ1v) is 6.07. The van der Waals surface area contributed by atoms with Crippen molar-refractivity contribution in [2.75, 3.05) is 7.11 Å². The van der Waals surface area contributed by atoms with Crippen molar-refractivity contribution in [3.8, 4) is 0 Å². The van der Waals surface area contributed by atoms with Crippen LogP contribution in [0.15, 0.2) is 0 Å². The lowest BCUT2D eigenvalue weighted by Gasteiger charge is -2.34. The molecule has 0 aromatic carbocycles. The van der Waals surface area contributed by atoms with Crippen molar-refractivity contribution in [2.24, 2.45) is 21.7 Å². The fourth-order valence-electron chi connectivity index (χ4n) is 5.34. The first-order valence-electron chi connectivity index (χ1n) is 6.07. The average Bonchev–Trinajstić information content (AvgIpc) is 2.77. The molecule has 0 spiro atoms. The Morgan fingerprint density at radius 3 is 1.76 bits per heavy atom. The topological polar surface area (TPSA) is 63.6 Å². The maximum atomic E-state index is 12.1. The van der Waals surface area contributed by atoms with Crippen molar-refractivity contribution in [1.29, 1.82) is 0 Å². The van der Waals surface area contributed by atoms with Gasteiger partial charge in [0.25, 0.3) is 0 Å². The molecule has 4 nitrogen and oxygen atoms in total. The van der Waals surface area contributed by atoms with E-state index >= 15 is 0 Å². The predicted octanol–water partition coefficient (Wildman–Crippen LogP) is 1.83. The molecule has 0 aliphatic heterocycles. The SMILES string of the molecule is COC(=O)C12C[C@]3(C)CC1(C(=O)O)C[C@]3(C)C2. The third-order valence-electron chi connectivity index (χ3n) is 6.13. The van der Waals surface area contributed by atoms with E-state index in [-0.39, 0.29) is 16.8 Å². The normalized spacial score (nSPS) is 54.3. The summed E-state index contributed by atoms with van der Waals surface area (Å²) in [7, 11) is 1.36. The van der Waals surface area contributed by atoms with Crippen LogP contribution in [0.25, 0.3) is 0 Å². The Hall–Kier alpha value is -1.06. The van der Waals surface area contributed by atoms with Crippen molar-refractivity contribution in [2.45, 2.75) is 39.5 Å². The van der Waals surface area contributed by atoms with Crippen molar-refractivity contribution in [3.63, 3.8) is 0 Å². The number of hydrogen-bond donors (Lipinski definition) is 1. The van der Waals surface area contributed by atoms with Gasteiger partial charge >= 0.3 is 11.9 Å². The molecule has 0 heterocycles. The van der Waals surface area contributed by atoms with Gasteiger partial charge in [-0.25, -0.2) is 0 Å². The van der Waals surface area contributed by atoms with Crippen LogP contribution in [0, 0.1) is 21.7 Å². The number of carboxylic acids is 1. The zero-order valence-corrected chi connectivity index (χ0v) is 10.5. The van der Waals surface area contributed by atoms with E-state index in [4.69, 9.17) is 4.74 Å². The van der Waals surface area contributed by atoms with E-state index in [9.17, 15) is 14.7 Å². The van der Waals surface area contributed by atoms with Gasteiger partial charge in [0.15, 0.2) is 0 Å². The Labute approximate surface area is 100 Å². The smallest absolute Gasteiger partial charge is 0.313 e. The summed E-state index contributed by atoms with van der Waals surface area (Å²) in [5.41, 5.74) is -1.67. The molecule has 0 aromatic rings. The summed E-state index contributed by atoms with van der Waals surface area (Å²) in [5.74, 6) is -1.13. The Kier molecular flexibility index (Phi) is 1.64.